The van der Waals surface area contributed by atoms with Gasteiger partial charge in [0.05, 0.1) is 11.7 Å². The highest BCUT2D eigenvalue weighted by Gasteiger charge is 2.12. The van der Waals surface area contributed by atoms with E-state index in [-0.39, 0.29) is 11.9 Å². The lowest BCUT2D eigenvalue weighted by Crippen LogP contribution is -2.21. The van der Waals surface area contributed by atoms with Gasteiger partial charge in [-0.1, -0.05) is 41.5 Å². The lowest BCUT2D eigenvalue weighted by Gasteiger charge is -2.20. The van der Waals surface area contributed by atoms with E-state index < -0.39 is 0 Å². The van der Waals surface area contributed by atoms with E-state index in [1.165, 1.54) is 17.2 Å². The van der Waals surface area contributed by atoms with Gasteiger partial charge >= 0.3 is 0 Å². The molecular formula is C16H19FN2. The number of nitrogens with two attached hydrogens (primary N) is 1. The molecule has 2 nitrogen and oxygen atoms in total. The first kappa shape index (κ1) is 13.6. The maximum Gasteiger partial charge on any atom is 0.146 e. The van der Waals surface area contributed by atoms with Crippen molar-refractivity contribution in [3.05, 3.63) is 65.0 Å². The average Bonchev–Trinajstić information content (AvgIpc) is 2.36. The molecule has 0 saturated carbocycles. The highest BCUT2D eigenvalue weighted by Crippen LogP contribution is 2.22. The third-order valence-corrected chi connectivity index (χ3v) is 3.09. The Labute approximate surface area is 113 Å². The largest absolute Gasteiger partial charge is 0.375 e. The molecule has 2 aromatic carbocycles. The van der Waals surface area contributed by atoms with Crippen LogP contribution in [0.2, 0.25) is 0 Å². The minimum atomic E-state index is -0.259. The van der Waals surface area contributed by atoms with E-state index in [0.717, 1.165) is 5.56 Å². The number of hydrogen-bond donors (Lipinski definition) is 2. The van der Waals surface area contributed by atoms with Crippen LogP contribution in [0, 0.1) is 19.7 Å². The van der Waals surface area contributed by atoms with Gasteiger partial charge in [-0.2, -0.15) is 0 Å². The molecule has 0 aliphatic carbocycles. The molecule has 0 aliphatic heterocycles. The van der Waals surface area contributed by atoms with E-state index in [9.17, 15) is 4.39 Å². The SMILES string of the molecule is Cc1cc(C)cc(C(CN)Nc2ccccc2F)c1. The van der Waals surface area contributed by atoms with Gasteiger partial charge in [-0.25, -0.2) is 4.39 Å². The van der Waals surface area contributed by atoms with Gasteiger partial charge < -0.3 is 11.1 Å². The zero-order valence-electron chi connectivity index (χ0n) is 11.3. The zero-order chi connectivity index (χ0) is 13.8. The van der Waals surface area contributed by atoms with Gasteiger partial charge in [0.25, 0.3) is 0 Å². The van der Waals surface area contributed by atoms with Crippen LogP contribution in [0.3, 0.4) is 0 Å². The van der Waals surface area contributed by atoms with Crippen molar-refractivity contribution in [2.24, 2.45) is 5.73 Å². The van der Waals surface area contributed by atoms with Crippen molar-refractivity contribution in [2.75, 3.05) is 11.9 Å². The van der Waals surface area contributed by atoms with Gasteiger partial charge in [-0.05, 0) is 31.5 Å². The highest BCUT2D eigenvalue weighted by atomic mass is 19.1. The molecule has 3 N–H and O–H groups in total. The lowest BCUT2D eigenvalue weighted by atomic mass is 10.0. The Morgan fingerprint density at radius 1 is 1.11 bits per heavy atom. The summed E-state index contributed by atoms with van der Waals surface area (Å²) >= 11 is 0. The number of benzene rings is 2. The fraction of sp³-hybridized carbons (Fsp3) is 0.250. The lowest BCUT2D eigenvalue weighted by molar-refractivity contribution is 0.626. The van der Waals surface area contributed by atoms with Crippen LogP contribution in [0.1, 0.15) is 22.7 Å². The van der Waals surface area contributed by atoms with E-state index in [0.29, 0.717) is 12.2 Å². The number of halogens is 1. The van der Waals surface area contributed by atoms with Gasteiger partial charge in [-0.3, -0.25) is 0 Å². The summed E-state index contributed by atoms with van der Waals surface area (Å²) in [5, 5.41) is 3.17. The molecule has 1 atom stereocenters. The molecule has 2 rings (SSSR count). The maximum absolute atomic E-state index is 13.7. The van der Waals surface area contributed by atoms with Crippen molar-refractivity contribution in [2.45, 2.75) is 19.9 Å². The van der Waals surface area contributed by atoms with Crippen LogP contribution in [-0.4, -0.2) is 6.54 Å². The number of para-hydroxylation sites is 1. The van der Waals surface area contributed by atoms with Crippen LogP contribution in [0.25, 0.3) is 0 Å². The first-order valence-electron chi connectivity index (χ1n) is 6.39. The van der Waals surface area contributed by atoms with Gasteiger partial charge in [0.1, 0.15) is 5.82 Å². The van der Waals surface area contributed by atoms with Crippen LogP contribution in [0.5, 0.6) is 0 Å². The van der Waals surface area contributed by atoms with Crippen LogP contribution in [0.15, 0.2) is 42.5 Å². The highest BCUT2D eigenvalue weighted by molar-refractivity contribution is 5.47. The number of hydrogen-bond acceptors (Lipinski definition) is 2. The first-order valence-corrected chi connectivity index (χ1v) is 6.39. The standard InChI is InChI=1S/C16H19FN2/c1-11-7-12(2)9-13(8-11)16(10-18)19-15-6-4-3-5-14(15)17/h3-9,16,19H,10,18H2,1-2H3. The normalized spacial score (nSPS) is 12.2. The van der Waals surface area contributed by atoms with Crippen molar-refractivity contribution in [3.8, 4) is 0 Å². The van der Waals surface area contributed by atoms with E-state index >= 15 is 0 Å². The molecule has 0 bridgehead atoms. The maximum atomic E-state index is 13.7. The Morgan fingerprint density at radius 3 is 2.32 bits per heavy atom. The predicted octanol–water partition coefficient (Wildman–Crippen LogP) is 3.55. The van der Waals surface area contributed by atoms with Crippen LogP contribution in [-0.2, 0) is 0 Å². The molecule has 19 heavy (non-hydrogen) atoms. The van der Waals surface area contributed by atoms with Gasteiger partial charge in [-0.15, -0.1) is 0 Å². The summed E-state index contributed by atoms with van der Waals surface area (Å²) in [4.78, 5) is 0. The summed E-state index contributed by atoms with van der Waals surface area (Å²) in [5.41, 5.74) is 9.76. The van der Waals surface area contributed by atoms with Crippen molar-refractivity contribution in [1.82, 2.24) is 0 Å². The molecule has 2 aromatic rings. The van der Waals surface area contributed by atoms with E-state index in [2.05, 4.69) is 23.5 Å². The predicted molar refractivity (Wildman–Crippen MR) is 77.7 cm³/mol. The van der Waals surface area contributed by atoms with Crippen molar-refractivity contribution in [3.63, 3.8) is 0 Å². The summed E-state index contributed by atoms with van der Waals surface area (Å²) in [5.74, 6) is -0.259. The van der Waals surface area contributed by atoms with Gasteiger partial charge in [0.15, 0.2) is 0 Å². The third-order valence-electron chi connectivity index (χ3n) is 3.09. The Kier molecular flexibility index (Phi) is 4.17. The molecule has 0 aromatic heterocycles. The minimum Gasteiger partial charge on any atom is -0.375 e. The molecule has 0 radical (unpaired) electrons. The zero-order valence-corrected chi connectivity index (χ0v) is 11.3. The van der Waals surface area contributed by atoms with Crippen molar-refractivity contribution >= 4 is 5.69 Å². The monoisotopic (exact) mass is 258 g/mol. The number of anilines is 1. The molecule has 0 fully saturated rings. The van der Waals surface area contributed by atoms with E-state index in [1.807, 2.05) is 13.8 Å². The molecule has 0 heterocycles. The Bertz CT molecular complexity index is 546. The Morgan fingerprint density at radius 2 is 1.74 bits per heavy atom. The van der Waals surface area contributed by atoms with Gasteiger partial charge in [0, 0.05) is 6.54 Å². The average molecular weight is 258 g/mol. The molecule has 0 amide bonds. The number of aryl methyl sites for hydroxylation is 2. The quantitative estimate of drug-likeness (QED) is 0.880. The van der Waals surface area contributed by atoms with Gasteiger partial charge in [0.2, 0.25) is 0 Å². The van der Waals surface area contributed by atoms with Crippen LogP contribution >= 0.6 is 0 Å². The van der Waals surface area contributed by atoms with E-state index in [4.69, 9.17) is 5.73 Å². The topological polar surface area (TPSA) is 38.0 Å². The molecule has 3 heteroatoms. The molecule has 100 valence electrons. The summed E-state index contributed by atoms with van der Waals surface area (Å²) in [6.45, 7) is 4.51. The second-order valence-corrected chi connectivity index (χ2v) is 4.83. The molecule has 0 saturated heterocycles. The summed E-state index contributed by atoms with van der Waals surface area (Å²) in [6, 6.07) is 12.8. The molecule has 0 spiro atoms. The van der Waals surface area contributed by atoms with Crippen LogP contribution < -0.4 is 11.1 Å². The van der Waals surface area contributed by atoms with Crippen molar-refractivity contribution < 1.29 is 4.39 Å². The number of nitrogens with one attached hydrogen (secondary N) is 1. The molecule has 0 aliphatic rings. The van der Waals surface area contributed by atoms with Crippen LogP contribution in [0.4, 0.5) is 10.1 Å². The molecule has 1 unspecified atom stereocenters. The summed E-state index contributed by atoms with van der Waals surface area (Å²) in [7, 11) is 0. The smallest absolute Gasteiger partial charge is 0.146 e. The fourth-order valence-corrected chi connectivity index (χ4v) is 2.26. The van der Waals surface area contributed by atoms with Crippen molar-refractivity contribution in [1.29, 1.82) is 0 Å². The fourth-order valence-electron chi connectivity index (χ4n) is 2.26. The Balaban J connectivity index is 2.28. The minimum absolute atomic E-state index is 0.0875. The third kappa shape index (κ3) is 3.32. The van der Waals surface area contributed by atoms with E-state index in [1.54, 1.807) is 18.2 Å². The first-order chi connectivity index (χ1) is 9.10. The summed E-state index contributed by atoms with van der Waals surface area (Å²) in [6.07, 6.45) is 0. The summed E-state index contributed by atoms with van der Waals surface area (Å²) < 4.78 is 13.7. The Hall–Kier alpha value is -1.87. The second-order valence-electron chi connectivity index (χ2n) is 4.83. The molecular weight excluding hydrogens is 239 g/mol. The number of rotatable bonds is 4. The second kappa shape index (κ2) is 5.85.